The molecule has 0 aliphatic carbocycles. The Balaban J connectivity index is 1.60. The summed E-state index contributed by atoms with van der Waals surface area (Å²) in [5, 5.41) is 5.97. The third-order valence-corrected chi connectivity index (χ3v) is 4.51. The topological polar surface area (TPSA) is 59.2 Å². The SMILES string of the molecule is CCc1noc(C2CC(=O)N(CCc3cccs3)C2)n1. The lowest BCUT2D eigenvalue weighted by atomic mass is 10.1. The Bertz CT molecular complexity index is 579. The molecule has 0 spiro atoms. The van der Waals surface area contributed by atoms with E-state index in [1.807, 2.05) is 17.9 Å². The Labute approximate surface area is 121 Å². The van der Waals surface area contributed by atoms with Crippen LogP contribution in [-0.2, 0) is 17.6 Å². The zero-order valence-corrected chi connectivity index (χ0v) is 12.2. The van der Waals surface area contributed by atoms with Crippen molar-refractivity contribution < 1.29 is 9.32 Å². The second kappa shape index (κ2) is 5.75. The van der Waals surface area contributed by atoms with E-state index >= 15 is 0 Å². The third kappa shape index (κ3) is 2.75. The van der Waals surface area contributed by atoms with Crippen LogP contribution in [0.1, 0.15) is 35.9 Å². The van der Waals surface area contributed by atoms with E-state index in [9.17, 15) is 4.79 Å². The van der Waals surface area contributed by atoms with E-state index < -0.39 is 0 Å². The van der Waals surface area contributed by atoms with Gasteiger partial charge in [0.25, 0.3) is 0 Å². The molecule has 20 heavy (non-hydrogen) atoms. The molecule has 0 radical (unpaired) electrons. The molecule has 0 bridgehead atoms. The van der Waals surface area contributed by atoms with Gasteiger partial charge in [-0.25, -0.2) is 0 Å². The fraction of sp³-hybridized carbons (Fsp3) is 0.500. The van der Waals surface area contributed by atoms with Crippen molar-refractivity contribution in [3.8, 4) is 0 Å². The van der Waals surface area contributed by atoms with Crippen LogP contribution in [-0.4, -0.2) is 34.0 Å². The number of amides is 1. The van der Waals surface area contributed by atoms with Gasteiger partial charge in [-0.2, -0.15) is 4.98 Å². The lowest BCUT2D eigenvalue weighted by molar-refractivity contribution is -0.127. The van der Waals surface area contributed by atoms with Crippen LogP contribution in [0.15, 0.2) is 22.0 Å². The minimum atomic E-state index is 0.0543. The van der Waals surface area contributed by atoms with E-state index in [2.05, 4.69) is 21.6 Å². The monoisotopic (exact) mass is 291 g/mol. The number of thiophene rings is 1. The molecule has 3 rings (SSSR count). The molecule has 0 saturated carbocycles. The largest absolute Gasteiger partial charge is 0.342 e. The van der Waals surface area contributed by atoms with Crippen molar-refractivity contribution >= 4 is 17.2 Å². The summed E-state index contributed by atoms with van der Waals surface area (Å²) in [7, 11) is 0. The van der Waals surface area contributed by atoms with Crippen LogP contribution in [0, 0.1) is 0 Å². The molecule has 6 heteroatoms. The van der Waals surface area contributed by atoms with Gasteiger partial charge in [-0.1, -0.05) is 18.1 Å². The van der Waals surface area contributed by atoms with Gasteiger partial charge in [0.05, 0.1) is 5.92 Å². The minimum Gasteiger partial charge on any atom is -0.342 e. The van der Waals surface area contributed by atoms with Crippen molar-refractivity contribution in [2.24, 2.45) is 0 Å². The van der Waals surface area contributed by atoms with Gasteiger partial charge in [-0.05, 0) is 17.9 Å². The first kappa shape index (κ1) is 13.3. The fourth-order valence-corrected chi connectivity index (χ4v) is 3.13. The summed E-state index contributed by atoms with van der Waals surface area (Å²) in [6.45, 7) is 3.45. The maximum atomic E-state index is 12.0. The second-order valence-electron chi connectivity index (χ2n) is 4.97. The van der Waals surface area contributed by atoms with Crippen LogP contribution in [0.2, 0.25) is 0 Å². The second-order valence-corrected chi connectivity index (χ2v) is 6.00. The van der Waals surface area contributed by atoms with Crippen LogP contribution < -0.4 is 0 Å². The number of carbonyl (C=O) groups excluding carboxylic acids is 1. The van der Waals surface area contributed by atoms with E-state index in [0.29, 0.717) is 24.7 Å². The average molecular weight is 291 g/mol. The average Bonchev–Trinajstić information content (AvgIpc) is 3.17. The summed E-state index contributed by atoms with van der Waals surface area (Å²) < 4.78 is 5.25. The van der Waals surface area contributed by atoms with Crippen LogP contribution in [0.25, 0.3) is 0 Å². The normalized spacial score (nSPS) is 18.9. The van der Waals surface area contributed by atoms with Gasteiger partial charge in [0.1, 0.15) is 0 Å². The molecule has 0 aromatic carbocycles. The molecular weight excluding hydrogens is 274 g/mol. The zero-order valence-electron chi connectivity index (χ0n) is 11.4. The van der Waals surface area contributed by atoms with Gasteiger partial charge in [0.2, 0.25) is 11.8 Å². The lowest BCUT2D eigenvalue weighted by Gasteiger charge is -2.15. The number of carbonyl (C=O) groups is 1. The van der Waals surface area contributed by atoms with Crippen LogP contribution in [0.4, 0.5) is 0 Å². The predicted molar refractivity (Wildman–Crippen MR) is 75.6 cm³/mol. The number of hydrogen-bond donors (Lipinski definition) is 0. The number of aromatic nitrogens is 2. The molecule has 0 N–H and O–H groups in total. The summed E-state index contributed by atoms with van der Waals surface area (Å²) in [6, 6.07) is 4.15. The van der Waals surface area contributed by atoms with Gasteiger partial charge in [-0.15, -0.1) is 11.3 Å². The molecule has 1 aliphatic rings. The maximum absolute atomic E-state index is 12.0. The maximum Gasteiger partial charge on any atom is 0.232 e. The van der Waals surface area contributed by atoms with Crippen molar-refractivity contribution in [3.63, 3.8) is 0 Å². The summed E-state index contributed by atoms with van der Waals surface area (Å²) >= 11 is 1.73. The van der Waals surface area contributed by atoms with Crippen molar-refractivity contribution in [2.45, 2.75) is 32.1 Å². The third-order valence-electron chi connectivity index (χ3n) is 3.57. The Kier molecular flexibility index (Phi) is 3.82. The van der Waals surface area contributed by atoms with Crippen LogP contribution in [0.3, 0.4) is 0 Å². The molecule has 1 aliphatic heterocycles. The molecule has 1 unspecified atom stereocenters. The Morgan fingerprint density at radius 2 is 2.45 bits per heavy atom. The molecule has 1 saturated heterocycles. The van der Waals surface area contributed by atoms with Gasteiger partial charge in [0.15, 0.2) is 5.82 Å². The summed E-state index contributed by atoms with van der Waals surface area (Å²) in [5.41, 5.74) is 0. The quantitative estimate of drug-likeness (QED) is 0.847. The fourth-order valence-electron chi connectivity index (χ4n) is 2.43. The lowest BCUT2D eigenvalue weighted by Crippen LogP contribution is -2.27. The Morgan fingerprint density at radius 3 is 3.15 bits per heavy atom. The number of hydrogen-bond acceptors (Lipinski definition) is 5. The first-order valence-corrected chi connectivity index (χ1v) is 7.77. The van der Waals surface area contributed by atoms with E-state index in [4.69, 9.17) is 4.52 Å². The van der Waals surface area contributed by atoms with Crippen LogP contribution >= 0.6 is 11.3 Å². The van der Waals surface area contributed by atoms with Crippen molar-refractivity contribution in [3.05, 3.63) is 34.1 Å². The van der Waals surface area contributed by atoms with E-state index in [-0.39, 0.29) is 11.8 Å². The Morgan fingerprint density at radius 1 is 1.55 bits per heavy atom. The highest BCUT2D eigenvalue weighted by molar-refractivity contribution is 7.09. The smallest absolute Gasteiger partial charge is 0.232 e. The molecule has 1 amide bonds. The molecule has 3 heterocycles. The van der Waals surface area contributed by atoms with Crippen molar-refractivity contribution in [2.75, 3.05) is 13.1 Å². The first-order chi connectivity index (χ1) is 9.76. The molecule has 5 nitrogen and oxygen atoms in total. The van der Waals surface area contributed by atoms with E-state index in [1.54, 1.807) is 11.3 Å². The highest BCUT2D eigenvalue weighted by Gasteiger charge is 2.33. The number of nitrogens with zero attached hydrogens (tertiary/aromatic N) is 3. The number of rotatable bonds is 5. The van der Waals surface area contributed by atoms with Gasteiger partial charge < -0.3 is 9.42 Å². The molecular formula is C14H17N3O2S. The highest BCUT2D eigenvalue weighted by Crippen LogP contribution is 2.27. The van der Waals surface area contributed by atoms with Gasteiger partial charge in [0, 0.05) is 30.8 Å². The van der Waals surface area contributed by atoms with Crippen molar-refractivity contribution in [1.29, 1.82) is 0 Å². The molecule has 2 aromatic rings. The molecule has 1 fully saturated rings. The van der Waals surface area contributed by atoms with Gasteiger partial charge >= 0.3 is 0 Å². The standard InChI is InChI=1S/C14H17N3O2S/c1-2-12-15-14(19-16-12)10-8-13(18)17(9-10)6-5-11-4-3-7-20-11/h3-4,7,10H,2,5-6,8-9H2,1H3. The summed E-state index contributed by atoms with van der Waals surface area (Å²) in [4.78, 5) is 19.6. The van der Waals surface area contributed by atoms with E-state index in [1.165, 1.54) is 4.88 Å². The molecule has 2 aromatic heterocycles. The minimum absolute atomic E-state index is 0.0543. The summed E-state index contributed by atoms with van der Waals surface area (Å²) in [6.07, 6.45) is 2.15. The van der Waals surface area contributed by atoms with Crippen molar-refractivity contribution in [1.82, 2.24) is 15.0 Å². The number of aryl methyl sites for hydroxylation is 1. The predicted octanol–water partition coefficient (Wildman–Crippen LogP) is 2.25. The number of likely N-dealkylation sites (tertiary alicyclic amines) is 1. The van der Waals surface area contributed by atoms with Gasteiger partial charge in [-0.3, -0.25) is 4.79 Å². The van der Waals surface area contributed by atoms with E-state index in [0.717, 1.165) is 19.4 Å². The zero-order chi connectivity index (χ0) is 13.9. The highest BCUT2D eigenvalue weighted by atomic mass is 32.1. The van der Waals surface area contributed by atoms with Crippen LogP contribution in [0.5, 0.6) is 0 Å². The molecule has 1 atom stereocenters. The Hall–Kier alpha value is -1.69. The first-order valence-electron chi connectivity index (χ1n) is 6.89. The summed E-state index contributed by atoms with van der Waals surface area (Å²) in [5.74, 6) is 1.56. The molecule has 106 valence electrons.